The quantitative estimate of drug-likeness (QED) is 0.860. The molecule has 21 heavy (non-hydrogen) atoms. The summed E-state index contributed by atoms with van der Waals surface area (Å²) in [7, 11) is 4.32. The van der Waals surface area contributed by atoms with Crippen LogP contribution in [0.15, 0.2) is 0 Å². The van der Waals surface area contributed by atoms with Gasteiger partial charge in [-0.05, 0) is 82.2 Å². The number of rotatable bonds is 4. The van der Waals surface area contributed by atoms with Gasteiger partial charge in [-0.3, -0.25) is 4.90 Å². The van der Waals surface area contributed by atoms with E-state index in [0.29, 0.717) is 11.5 Å². The normalized spacial score (nSPS) is 49.4. The third-order valence-electron chi connectivity index (χ3n) is 6.79. The van der Waals surface area contributed by atoms with Crippen LogP contribution in [-0.2, 0) is 0 Å². The van der Waals surface area contributed by atoms with Crippen molar-refractivity contribution in [2.45, 2.75) is 57.1 Å². The molecule has 120 valence electrons. The van der Waals surface area contributed by atoms with Crippen LogP contribution < -0.4 is 0 Å². The van der Waals surface area contributed by atoms with Gasteiger partial charge < -0.3 is 10.0 Å². The van der Waals surface area contributed by atoms with E-state index in [1.165, 1.54) is 45.1 Å². The van der Waals surface area contributed by atoms with Crippen molar-refractivity contribution in [2.75, 3.05) is 33.7 Å². The number of aliphatic hydroxyl groups is 1. The lowest BCUT2D eigenvalue weighted by molar-refractivity contribution is -0.0720. The molecule has 0 amide bonds. The first-order chi connectivity index (χ1) is 10.0. The summed E-state index contributed by atoms with van der Waals surface area (Å²) >= 11 is 0. The molecule has 5 rings (SSSR count). The summed E-state index contributed by atoms with van der Waals surface area (Å²) in [5.74, 6) is 3.11. The van der Waals surface area contributed by atoms with Crippen LogP contribution in [-0.4, -0.2) is 60.8 Å². The Labute approximate surface area is 129 Å². The smallest absolute Gasteiger partial charge is 0.0682 e. The number of hydrogen-bond donors (Lipinski definition) is 1. The first-order valence-electron chi connectivity index (χ1n) is 9.08. The van der Waals surface area contributed by atoms with Crippen LogP contribution in [0.3, 0.4) is 0 Å². The molecule has 2 atom stereocenters. The van der Waals surface area contributed by atoms with Crippen LogP contribution in [0.1, 0.15) is 44.9 Å². The van der Waals surface area contributed by atoms with Crippen LogP contribution in [0.4, 0.5) is 0 Å². The van der Waals surface area contributed by atoms with E-state index in [-0.39, 0.29) is 6.10 Å². The largest absolute Gasteiger partial charge is 0.392 e. The maximum atomic E-state index is 10.1. The van der Waals surface area contributed by atoms with Gasteiger partial charge in [-0.1, -0.05) is 0 Å². The van der Waals surface area contributed by atoms with Gasteiger partial charge in [0.25, 0.3) is 0 Å². The Kier molecular flexibility index (Phi) is 3.59. The second-order valence-electron chi connectivity index (χ2n) is 9.15. The molecule has 1 saturated heterocycles. The third-order valence-corrected chi connectivity index (χ3v) is 6.79. The van der Waals surface area contributed by atoms with E-state index in [1.807, 2.05) is 0 Å². The Hall–Kier alpha value is -0.120. The lowest BCUT2D eigenvalue weighted by Crippen LogP contribution is -2.52. The SMILES string of the molecule is CN(C)CC1CC(O)CN1CC12CC3CC(CC(C3)C1)C2. The summed E-state index contributed by atoms with van der Waals surface area (Å²) in [6.45, 7) is 3.29. The first-order valence-corrected chi connectivity index (χ1v) is 9.08. The zero-order valence-electron chi connectivity index (χ0n) is 13.8. The molecule has 1 aliphatic heterocycles. The Morgan fingerprint density at radius 3 is 2.10 bits per heavy atom. The van der Waals surface area contributed by atoms with E-state index < -0.39 is 0 Å². The van der Waals surface area contributed by atoms with Gasteiger partial charge in [-0.25, -0.2) is 0 Å². The molecule has 4 aliphatic carbocycles. The minimum absolute atomic E-state index is 0.0936. The Morgan fingerprint density at radius 2 is 1.57 bits per heavy atom. The molecule has 4 saturated carbocycles. The Balaban J connectivity index is 1.47. The second kappa shape index (κ2) is 5.21. The average Bonchev–Trinajstić information content (AvgIpc) is 2.65. The molecule has 1 N–H and O–H groups in total. The van der Waals surface area contributed by atoms with Crippen LogP contribution in [0.5, 0.6) is 0 Å². The van der Waals surface area contributed by atoms with Crippen molar-refractivity contribution in [1.82, 2.24) is 9.80 Å². The van der Waals surface area contributed by atoms with Gasteiger partial charge in [0.05, 0.1) is 6.10 Å². The molecule has 3 heteroatoms. The number of hydrogen-bond acceptors (Lipinski definition) is 3. The van der Waals surface area contributed by atoms with Crippen molar-refractivity contribution in [3.05, 3.63) is 0 Å². The number of nitrogens with zero attached hydrogens (tertiary/aromatic N) is 2. The molecule has 5 aliphatic rings. The number of likely N-dealkylation sites (tertiary alicyclic amines) is 1. The highest BCUT2D eigenvalue weighted by molar-refractivity contribution is 5.04. The van der Waals surface area contributed by atoms with Crippen LogP contribution in [0.25, 0.3) is 0 Å². The van der Waals surface area contributed by atoms with Crippen LogP contribution in [0, 0.1) is 23.2 Å². The zero-order chi connectivity index (χ0) is 14.6. The summed E-state index contributed by atoms with van der Waals surface area (Å²) in [5.41, 5.74) is 0.614. The standard InChI is InChI=1S/C18H32N2O/c1-19(2)10-16-6-17(21)11-20(16)12-18-7-13-3-14(8-18)5-15(4-13)9-18/h13-17,21H,3-12H2,1-2H3. The molecular weight excluding hydrogens is 260 g/mol. The van der Waals surface area contributed by atoms with Gasteiger partial charge in [0, 0.05) is 25.7 Å². The lowest BCUT2D eigenvalue weighted by Gasteiger charge is -2.58. The predicted molar refractivity (Wildman–Crippen MR) is 85.1 cm³/mol. The molecule has 3 nitrogen and oxygen atoms in total. The van der Waals surface area contributed by atoms with Crippen molar-refractivity contribution >= 4 is 0 Å². The fourth-order valence-electron chi connectivity index (χ4n) is 6.68. The molecule has 0 aromatic rings. The summed E-state index contributed by atoms with van der Waals surface area (Å²) in [4.78, 5) is 4.94. The third kappa shape index (κ3) is 2.77. The lowest BCUT2D eigenvalue weighted by atomic mass is 9.49. The van der Waals surface area contributed by atoms with Gasteiger partial charge in [0.2, 0.25) is 0 Å². The molecule has 1 heterocycles. The molecule has 0 aromatic carbocycles. The molecular formula is C18H32N2O. The maximum Gasteiger partial charge on any atom is 0.0682 e. The van der Waals surface area contributed by atoms with Crippen molar-refractivity contribution in [2.24, 2.45) is 23.2 Å². The first kappa shape index (κ1) is 14.5. The van der Waals surface area contributed by atoms with E-state index in [1.54, 1.807) is 0 Å². The molecule has 4 bridgehead atoms. The number of likely N-dealkylation sites (N-methyl/N-ethyl adjacent to an activating group) is 1. The summed E-state index contributed by atoms with van der Waals surface area (Å²) < 4.78 is 0. The molecule has 5 fully saturated rings. The van der Waals surface area contributed by atoms with Crippen molar-refractivity contribution in [1.29, 1.82) is 0 Å². The summed E-state index contributed by atoms with van der Waals surface area (Å²) in [6, 6.07) is 0.572. The van der Waals surface area contributed by atoms with Crippen molar-refractivity contribution < 1.29 is 5.11 Å². The van der Waals surface area contributed by atoms with Gasteiger partial charge >= 0.3 is 0 Å². The van der Waals surface area contributed by atoms with E-state index in [0.717, 1.165) is 37.3 Å². The minimum atomic E-state index is -0.0936. The molecule has 2 unspecified atom stereocenters. The van der Waals surface area contributed by atoms with Gasteiger partial charge in [-0.15, -0.1) is 0 Å². The van der Waals surface area contributed by atoms with E-state index in [4.69, 9.17) is 0 Å². The Morgan fingerprint density at radius 1 is 1.00 bits per heavy atom. The van der Waals surface area contributed by atoms with Gasteiger partial charge in [-0.2, -0.15) is 0 Å². The Bertz CT molecular complexity index is 359. The highest BCUT2D eigenvalue weighted by Gasteiger charge is 2.52. The summed E-state index contributed by atoms with van der Waals surface area (Å²) in [6.07, 6.45) is 9.93. The topological polar surface area (TPSA) is 26.7 Å². The van der Waals surface area contributed by atoms with Crippen LogP contribution >= 0.6 is 0 Å². The van der Waals surface area contributed by atoms with E-state index in [2.05, 4.69) is 23.9 Å². The van der Waals surface area contributed by atoms with Crippen molar-refractivity contribution in [3.8, 4) is 0 Å². The van der Waals surface area contributed by atoms with Crippen molar-refractivity contribution in [3.63, 3.8) is 0 Å². The van der Waals surface area contributed by atoms with Gasteiger partial charge in [0.15, 0.2) is 0 Å². The fourth-order valence-corrected chi connectivity index (χ4v) is 6.68. The second-order valence-corrected chi connectivity index (χ2v) is 9.15. The molecule has 0 aromatic heterocycles. The molecule has 0 spiro atoms. The van der Waals surface area contributed by atoms with E-state index in [9.17, 15) is 5.11 Å². The maximum absolute atomic E-state index is 10.1. The minimum Gasteiger partial charge on any atom is -0.392 e. The number of β-amino-alcohol motifs (C(OH)–C–C–N with tert-alkyl or cyclic N) is 1. The fraction of sp³-hybridized carbons (Fsp3) is 1.00. The zero-order valence-corrected chi connectivity index (χ0v) is 13.8. The number of aliphatic hydroxyl groups excluding tert-OH is 1. The predicted octanol–water partition coefficient (Wildman–Crippen LogP) is 2.20. The highest BCUT2D eigenvalue weighted by atomic mass is 16.3. The monoisotopic (exact) mass is 292 g/mol. The average molecular weight is 292 g/mol. The van der Waals surface area contributed by atoms with Crippen LogP contribution in [0.2, 0.25) is 0 Å². The summed E-state index contributed by atoms with van der Waals surface area (Å²) in [5, 5.41) is 10.1. The highest BCUT2D eigenvalue weighted by Crippen LogP contribution is 2.60. The molecule has 0 radical (unpaired) electrons. The van der Waals surface area contributed by atoms with Gasteiger partial charge in [0.1, 0.15) is 0 Å². The van der Waals surface area contributed by atoms with E-state index >= 15 is 0 Å².